The third-order valence-corrected chi connectivity index (χ3v) is 6.08. The Morgan fingerprint density at radius 2 is 2.03 bits per heavy atom. The van der Waals surface area contributed by atoms with Crippen LogP contribution in [-0.2, 0) is 4.79 Å². The van der Waals surface area contributed by atoms with Gasteiger partial charge in [-0.3, -0.25) is 9.59 Å². The summed E-state index contributed by atoms with van der Waals surface area (Å²) in [6, 6.07) is 12.4. The lowest BCUT2D eigenvalue weighted by molar-refractivity contribution is -0.124. The van der Waals surface area contributed by atoms with Gasteiger partial charge in [0.05, 0.1) is 15.9 Å². The van der Waals surface area contributed by atoms with E-state index in [4.69, 9.17) is 9.72 Å². The van der Waals surface area contributed by atoms with Crippen molar-refractivity contribution in [2.24, 2.45) is 0 Å². The van der Waals surface area contributed by atoms with Gasteiger partial charge in [-0.1, -0.05) is 19.1 Å². The molecule has 4 rings (SSSR count). The van der Waals surface area contributed by atoms with E-state index < -0.39 is 0 Å². The average Bonchev–Trinajstić information content (AvgIpc) is 3.28. The van der Waals surface area contributed by atoms with Crippen molar-refractivity contribution in [2.45, 2.75) is 32.7 Å². The number of hydrogen-bond acceptors (Lipinski definition) is 7. The number of hydrogen-bond donors (Lipinski definition) is 3. The van der Waals surface area contributed by atoms with Gasteiger partial charge in [-0.25, -0.2) is 9.97 Å². The molecule has 0 saturated carbocycles. The highest BCUT2D eigenvalue weighted by atomic mass is 32.1. The number of carbonyl (C=O) groups excluding carboxylic acids is 1. The average molecular weight is 464 g/mol. The van der Waals surface area contributed by atoms with Crippen molar-refractivity contribution in [1.29, 1.82) is 0 Å². The van der Waals surface area contributed by atoms with Crippen molar-refractivity contribution >= 4 is 39.0 Å². The normalized spacial score (nSPS) is 11.4. The highest BCUT2D eigenvalue weighted by Crippen LogP contribution is 2.31. The van der Waals surface area contributed by atoms with Crippen LogP contribution >= 0.6 is 11.3 Å². The zero-order valence-corrected chi connectivity index (χ0v) is 19.5. The van der Waals surface area contributed by atoms with Crippen LogP contribution in [0.1, 0.15) is 27.2 Å². The number of aromatic amines is 1. The maximum absolute atomic E-state index is 12.2. The number of carbonyl (C=O) groups is 1. The lowest BCUT2D eigenvalue weighted by Crippen LogP contribution is -2.44. The van der Waals surface area contributed by atoms with Crippen LogP contribution in [0.15, 0.2) is 58.8 Å². The molecule has 0 aliphatic rings. The van der Waals surface area contributed by atoms with Gasteiger partial charge < -0.3 is 20.4 Å². The van der Waals surface area contributed by atoms with Crippen LogP contribution in [0, 0.1) is 0 Å². The Kier molecular flexibility index (Phi) is 6.41. The van der Waals surface area contributed by atoms with E-state index in [0.29, 0.717) is 23.1 Å². The van der Waals surface area contributed by atoms with Crippen molar-refractivity contribution in [3.05, 3.63) is 64.4 Å². The molecule has 1 amide bonds. The Labute approximate surface area is 195 Å². The first-order valence-electron chi connectivity index (χ1n) is 10.6. The summed E-state index contributed by atoms with van der Waals surface area (Å²) in [6.07, 6.45) is 2.43. The van der Waals surface area contributed by atoms with Crippen molar-refractivity contribution < 1.29 is 9.53 Å². The summed E-state index contributed by atoms with van der Waals surface area (Å²) in [5.41, 5.74) is 1.84. The molecule has 9 heteroatoms. The fraction of sp³-hybridized carbons (Fsp3) is 0.250. The summed E-state index contributed by atoms with van der Waals surface area (Å²) < 4.78 is 6.62. The number of rotatable bonds is 8. The number of ether oxygens (including phenoxy) is 1. The Hall–Kier alpha value is -3.72. The highest BCUT2D eigenvalue weighted by Gasteiger charge is 2.18. The van der Waals surface area contributed by atoms with Crippen molar-refractivity contribution in [3.63, 3.8) is 0 Å². The second kappa shape index (κ2) is 9.41. The number of anilines is 2. The van der Waals surface area contributed by atoms with E-state index in [0.717, 1.165) is 22.2 Å². The molecule has 0 saturated heterocycles. The van der Waals surface area contributed by atoms with Gasteiger partial charge in [0.25, 0.3) is 5.91 Å². The van der Waals surface area contributed by atoms with Crippen molar-refractivity contribution in [2.75, 3.05) is 11.9 Å². The summed E-state index contributed by atoms with van der Waals surface area (Å²) >= 11 is 1.53. The summed E-state index contributed by atoms with van der Waals surface area (Å²) in [7, 11) is 0. The molecule has 0 radical (unpaired) electrons. The minimum Gasteiger partial charge on any atom is -0.484 e. The zero-order chi connectivity index (χ0) is 23.4. The summed E-state index contributed by atoms with van der Waals surface area (Å²) in [6.45, 7) is 5.90. The molecule has 3 heterocycles. The maximum Gasteiger partial charge on any atom is 0.258 e. The van der Waals surface area contributed by atoms with Crippen LogP contribution in [0.5, 0.6) is 5.75 Å². The number of amides is 1. The first-order chi connectivity index (χ1) is 15.8. The predicted octanol–water partition coefficient (Wildman–Crippen LogP) is 4.47. The number of aromatic nitrogens is 3. The van der Waals surface area contributed by atoms with Crippen molar-refractivity contribution in [3.8, 4) is 17.1 Å². The molecule has 0 spiro atoms. The van der Waals surface area contributed by atoms with Gasteiger partial charge in [0.15, 0.2) is 18.2 Å². The third-order valence-electron chi connectivity index (χ3n) is 5.17. The van der Waals surface area contributed by atoms with E-state index in [1.807, 2.05) is 50.4 Å². The number of thiophene rings is 1. The van der Waals surface area contributed by atoms with Crippen LogP contribution in [0.4, 0.5) is 11.5 Å². The lowest BCUT2D eigenvalue weighted by Gasteiger charge is -2.24. The Balaban J connectivity index is 1.57. The lowest BCUT2D eigenvalue weighted by atomic mass is 10.0. The molecule has 170 valence electrons. The van der Waals surface area contributed by atoms with Gasteiger partial charge in [-0.05, 0) is 49.9 Å². The molecule has 4 aromatic rings. The molecule has 0 aliphatic carbocycles. The van der Waals surface area contributed by atoms with E-state index in [-0.39, 0.29) is 23.6 Å². The first-order valence-corrected chi connectivity index (χ1v) is 11.5. The maximum atomic E-state index is 12.2. The molecule has 0 fully saturated rings. The molecule has 33 heavy (non-hydrogen) atoms. The zero-order valence-electron chi connectivity index (χ0n) is 18.6. The van der Waals surface area contributed by atoms with Crippen molar-refractivity contribution in [1.82, 2.24) is 20.3 Å². The number of nitrogens with zero attached hydrogens (tertiary/aromatic N) is 2. The van der Waals surface area contributed by atoms with E-state index in [9.17, 15) is 9.59 Å². The minimum atomic E-state index is -0.277. The summed E-state index contributed by atoms with van der Waals surface area (Å²) in [4.78, 5) is 35.6. The predicted molar refractivity (Wildman–Crippen MR) is 131 cm³/mol. The molecule has 0 atom stereocenters. The van der Waals surface area contributed by atoms with Gasteiger partial charge in [0.2, 0.25) is 5.56 Å². The van der Waals surface area contributed by atoms with E-state index in [1.54, 1.807) is 18.3 Å². The molecule has 8 nitrogen and oxygen atoms in total. The standard InChI is InChI=1S/C24H25N5O3S/c1-4-24(2,3)29-20(31)14-32-17-7-5-6-15(12-17)22-27-18-10-11-33-21(18)23(28-22)26-16-8-9-19(30)25-13-16/h5-13H,4,14H2,1-3H3,(H,25,30)(H,29,31)(H,26,27,28). The Bertz CT molecular complexity index is 1320. The quantitative estimate of drug-likeness (QED) is 0.356. The van der Waals surface area contributed by atoms with Gasteiger partial charge in [0, 0.05) is 23.4 Å². The molecule has 0 aliphatic heterocycles. The van der Waals surface area contributed by atoms with Gasteiger partial charge in [0.1, 0.15) is 5.75 Å². The Morgan fingerprint density at radius 1 is 1.18 bits per heavy atom. The number of H-pyrrole nitrogens is 1. The molecule has 3 aromatic heterocycles. The largest absolute Gasteiger partial charge is 0.484 e. The van der Waals surface area contributed by atoms with Crippen LogP contribution in [0.2, 0.25) is 0 Å². The van der Waals surface area contributed by atoms with Gasteiger partial charge in [-0.15, -0.1) is 11.3 Å². The first kappa shape index (κ1) is 22.5. The van der Waals surface area contributed by atoms with Crippen LogP contribution in [-0.4, -0.2) is 33.0 Å². The molecule has 1 aromatic carbocycles. The van der Waals surface area contributed by atoms with Crippen LogP contribution in [0.25, 0.3) is 21.6 Å². The molecular formula is C24H25N5O3S. The van der Waals surface area contributed by atoms with E-state index in [2.05, 4.69) is 20.6 Å². The fourth-order valence-electron chi connectivity index (χ4n) is 3.08. The van der Waals surface area contributed by atoms with E-state index in [1.165, 1.54) is 17.4 Å². The number of benzene rings is 1. The Morgan fingerprint density at radius 3 is 2.79 bits per heavy atom. The van der Waals surface area contributed by atoms with E-state index >= 15 is 0 Å². The summed E-state index contributed by atoms with van der Waals surface area (Å²) in [5.74, 6) is 1.55. The monoisotopic (exact) mass is 463 g/mol. The van der Waals surface area contributed by atoms with Gasteiger partial charge in [-0.2, -0.15) is 0 Å². The number of pyridine rings is 1. The fourth-order valence-corrected chi connectivity index (χ4v) is 3.85. The second-order valence-electron chi connectivity index (χ2n) is 8.20. The van der Waals surface area contributed by atoms with Gasteiger partial charge >= 0.3 is 0 Å². The molecule has 0 bridgehead atoms. The summed E-state index contributed by atoms with van der Waals surface area (Å²) in [5, 5.41) is 8.17. The molecule has 3 N–H and O–H groups in total. The molecular weight excluding hydrogens is 438 g/mol. The highest BCUT2D eigenvalue weighted by molar-refractivity contribution is 7.17. The second-order valence-corrected chi connectivity index (χ2v) is 9.12. The van der Waals surface area contributed by atoms with Crippen LogP contribution < -0.4 is 20.9 Å². The molecule has 0 unspecified atom stereocenters. The smallest absolute Gasteiger partial charge is 0.258 e. The van der Waals surface area contributed by atoms with Crippen LogP contribution in [0.3, 0.4) is 0 Å². The third kappa shape index (κ3) is 5.56. The number of fused-ring (bicyclic) bond motifs is 1. The minimum absolute atomic E-state index is 0.0731. The topological polar surface area (TPSA) is 109 Å². The number of nitrogens with one attached hydrogen (secondary N) is 3. The SMILES string of the molecule is CCC(C)(C)NC(=O)COc1cccc(-c2nc(Nc3ccc(=O)[nH]c3)c3sccc3n2)c1.